The van der Waals surface area contributed by atoms with Gasteiger partial charge in [-0.15, -0.1) is 0 Å². The average molecular weight is 691 g/mol. The van der Waals surface area contributed by atoms with Crippen LogP contribution in [0.5, 0.6) is 0 Å². The van der Waals surface area contributed by atoms with Gasteiger partial charge in [-0.25, -0.2) is 8.78 Å². The molecular formula is C38H48F2N6O4. The first-order valence-electron chi connectivity index (χ1n) is 17.6. The number of ketones is 1. The number of hydrogen-bond acceptors (Lipinski definition) is 6. The van der Waals surface area contributed by atoms with Crippen LogP contribution in [-0.2, 0) is 40.8 Å². The third kappa shape index (κ3) is 10.1. The first kappa shape index (κ1) is 36.8. The van der Waals surface area contributed by atoms with Crippen LogP contribution in [0.2, 0.25) is 0 Å². The standard InChI is InChI=1S/C38H48F2N6O4/c1-3-34(48)42-31(37(50)46-23-21-45(22-24-46)26-29-7-5-4-6-8-29)25-28-11-9-27(10-12-28)13-14-33(47)35(30-15-18-38(39,40)19-16-30)43-36(49)32-17-20-41-44(32)2/h4-12,17,20,30-31,35H,3,13-16,18-19,21-26H2,1-2H3,(H,42,48)(H,43,49)/t31-,35+/m1/s1. The fraction of sp³-hybridized carbons (Fsp3) is 0.500. The summed E-state index contributed by atoms with van der Waals surface area (Å²) in [6, 6.07) is 17.8. The van der Waals surface area contributed by atoms with Gasteiger partial charge in [0.25, 0.3) is 5.91 Å². The van der Waals surface area contributed by atoms with Crippen molar-refractivity contribution >= 4 is 23.5 Å². The van der Waals surface area contributed by atoms with Gasteiger partial charge in [-0.05, 0) is 47.9 Å². The first-order valence-corrected chi connectivity index (χ1v) is 17.6. The largest absolute Gasteiger partial charge is 0.344 e. The van der Waals surface area contributed by atoms with Crippen LogP contribution in [0.4, 0.5) is 8.78 Å². The predicted octanol–water partition coefficient (Wildman–Crippen LogP) is 4.33. The zero-order chi connectivity index (χ0) is 35.7. The molecule has 2 fully saturated rings. The van der Waals surface area contributed by atoms with Crippen LogP contribution in [0.3, 0.4) is 0 Å². The molecule has 3 aromatic rings. The van der Waals surface area contributed by atoms with E-state index in [-0.39, 0.29) is 67.7 Å². The number of alkyl halides is 2. The Hall–Kier alpha value is -4.45. The van der Waals surface area contributed by atoms with Gasteiger partial charge in [0.2, 0.25) is 17.7 Å². The Morgan fingerprint density at radius 2 is 1.54 bits per heavy atom. The van der Waals surface area contributed by atoms with Crippen LogP contribution in [0.1, 0.15) is 72.6 Å². The number of nitrogens with zero attached hydrogens (tertiary/aromatic N) is 4. The molecule has 2 heterocycles. The Bertz CT molecular complexity index is 1590. The molecule has 1 saturated carbocycles. The molecule has 1 aromatic heterocycles. The minimum absolute atomic E-state index is 0.0967. The van der Waals surface area contributed by atoms with Crippen molar-refractivity contribution in [1.82, 2.24) is 30.2 Å². The maximum Gasteiger partial charge on any atom is 0.270 e. The Morgan fingerprint density at radius 3 is 2.16 bits per heavy atom. The lowest BCUT2D eigenvalue weighted by molar-refractivity contribution is -0.138. The van der Waals surface area contributed by atoms with Gasteiger partial charge in [-0.2, -0.15) is 5.10 Å². The Balaban J connectivity index is 1.17. The number of hydrogen-bond donors (Lipinski definition) is 2. The fourth-order valence-corrected chi connectivity index (χ4v) is 6.85. The van der Waals surface area contributed by atoms with Gasteiger partial charge >= 0.3 is 0 Å². The number of rotatable bonds is 14. The minimum Gasteiger partial charge on any atom is -0.344 e. The molecule has 12 heteroatoms. The smallest absolute Gasteiger partial charge is 0.270 e. The summed E-state index contributed by atoms with van der Waals surface area (Å²) in [5, 5.41) is 9.77. The molecule has 2 N–H and O–H groups in total. The predicted molar refractivity (Wildman–Crippen MR) is 185 cm³/mol. The molecule has 1 aliphatic heterocycles. The van der Waals surface area contributed by atoms with E-state index in [4.69, 9.17) is 0 Å². The van der Waals surface area contributed by atoms with Crippen molar-refractivity contribution < 1.29 is 28.0 Å². The van der Waals surface area contributed by atoms with E-state index in [9.17, 15) is 28.0 Å². The summed E-state index contributed by atoms with van der Waals surface area (Å²) in [7, 11) is 1.63. The molecule has 2 aromatic carbocycles. The van der Waals surface area contributed by atoms with E-state index in [1.54, 1.807) is 20.0 Å². The summed E-state index contributed by atoms with van der Waals surface area (Å²) < 4.78 is 29.3. The van der Waals surface area contributed by atoms with E-state index in [0.717, 1.165) is 30.8 Å². The lowest BCUT2D eigenvalue weighted by Crippen LogP contribution is -2.55. The molecule has 50 heavy (non-hydrogen) atoms. The minimum atomic E-state index is -2.75. The Morgan fingerprint density at radius 1 is 0.880 bits per heavy atom. The maximum absolute atomic E-state index is 13.9. The van der Waals surface area contributed by atoms with Crippen molar-refractivity contribution in [2.24, 2.45) is 13.0 Å². The first-order chi connectivity index (χ1) is 24.0. The van der Waals surface area contributed by atoms with Gasteiger partial charge in [-0.3, -0.25) is 28.8 Å². The van der Waals surface area contributed by atoms with E-state index in [2.05, 4.69) is 32.8 Å². The number of carbonyl (C=O) groups is 4. The summed E-state index contributed by atoms with van der Waals surface area (Å²) in [5.74, 6) is -4.07. The van der Waals surface area contributed by atoms with Gasteiger partial charge in [0.1, 0.15) is 11.7 Å². The number of benzene rings is 2. The topological polar surface area (TPSA) is 117 Å². The number of piperazine rings is 1. The number of nitrogens with one attached hydrogen (secondary N) is 2. The second-order valence-corrected chi connectivity index (χ2v) is 13.5. The molecule has 0 bridgehead atoms. The van der Waals surface area contributed by atoms with Crippen LogP contribution in [0.15, 0.2) is 66.9 Å². The lowest BCUT2D eigenvalue weighted by atomic mass is 9.79. The Kier molecular flexibility index (Phi) is 12.5. The number of halogens is 2. The van der Waals surface area contributed by atoms with E-state index < -0.39 is 23.9 Å². The molecular weight excluding hydrogens is 642 g/mol. The molecule has 2 atom stereocenters. The SMILES string of the molecule is CCC(=O)N[C@H](Cc1ccc(CCC(=O)[C@@H](NC(=O)c2ccnn2C)C2CCC(F)(F)CC2)cc1)C(=O)N1CCN(Cc2ccccc2)CC1. The van der Waals surface area contributed by atoms with Crippen LogP contribution in [0.25, 0.3) is 0 Å². The van der Waals surface area contributed by atoms with Crippen LogP contribution in [-0.4, -0.2) is 87.3 Å². The molecule has 0 unspecified atom stereocenters. The zero-order valence-corrected chi connectivity index (χ0v) is 29.0. The quantitative estimate of drug-likeness (QED) is 0.260. The summed E-state index contributed by atoms with van der Waals surface area (Å²) >= 11 is 0. The molecule has 1 saturated heterocycles. The van der Waals surface area contributed by atoms with Crippen molar-refractivity contribution in [3.63, 3.8) is 0 Å². The van der Waals surface area contributed by atoms with Gasteiger partial charge in [0, 0.05) is 78.1 Å². The van der Waals surface area contributed by atoms with Crippen molar-refractivity contribution in [3.8, 4) is 0 Å². The van der Waals surface area contributed by atoms with E-state index in [0.29, 0.717) is 25.9 Å². The highest BCUT2D eigenvalue weighted by atomic mass is 19.3. The third-order valence-electron chi connectivity index (χ3n) is 9.93. The Labute approximate surface area is 292 Å². The number of amides is 3. The molecule has 1 aliphatic carbocycles. The highest BCUT2D eigenvalue weighted by molar-refractivity contribution is 5.97. The lowest BCUT2D eigenvalue weighted by Gasteiger charge is -2.36. The monoisotopic (exact) mass is 690 g/mol. The second-order valence-electron chi connectivity index (χ2n) is 13.5. The van der Waals surface area contributed by atoms with Crippen molar-refractivity contribution in [1.29, 1.82) is 0 Å². The van der Waals surface area contributed by atoms with Gasteiger partial charge in [0.15, 0.2) is 5.78 Å². The third-order valence-corrected chi connectivity index (χ3v) is 9.93. The normalized spacial score (nSPS) is 17.9. The molecule has 0 spiro atoms. The summed E-state index contributed by atoms with van der Waals surface area (Å²) in [6.07, 6.45) is 2.32. The molecule has 2 aliphatic rings. The van der Waals surface area contributed by atoms with E-state index in [1.165, 1.54) is 16.4 Å². The van der Waals surface area contributed by atoms with E-state index in [1.807, 2.05) is 47.4 Å². The molecule has 3 amide bonds. The molecule has 10 nitrogen and oxygen atoms in total. The van der Waals surface area contributed by atoms with E-state index >= 15 is 0 Å². The summed E-state index contributed by atoms with van der Waals surface area (Å²) in [5.41, 5.74) is 3.29. The summed E-state index contributed by atoms with van der Waals surface area (Å²) in [4.78, 5) is 56.8. The van der Waals surface area contributed by atoms with Gasteiger partial charge < -0.3 is 15.5 Å². The number of aromatic nitrogens is 2. The summed E-state index contributed by atoms with van der Waals surface area (Å²) in [6.45, 7) is 5.27. The van der Waals surface area contributed by atoms with Crippen LogP contribution in [0, 0.1) is 5.92 Å². The van der Waals surface area contributed by atoms with Gasteiger partial charge in [0.05, 0.1) is 6.04 Å². The van der Waals surface area contributed by atoms with Crippen molar-refractivity contribution in [2.75, 3.05) is 26.2 Å². The number of aryl methyl sites for hydroxylation is 2. The number of Topliss-reactive ketones (excluding diaryl/α,β-unsaturated/α-hetero) is 1. The fourth-order valence-electron chi connectivity index (χ4n) is 6.85. The van der Waals surface area contributed by atoms with Gasteiger partial charge in [-0.1, -0.05) is 61.5 Å². The maximum atomic E-state index is 13.9. The van der Waals surface area contributed by atoms with Crippen molar-refractivity contribution in [2.45, 2.75) is 82.8 Å². The van der Waals surface area contributed by atoms with Crippen LogP contribution < -0.4 is 10.6 Å². The van der Waals surface area contributed by atoms with Crippen LogP contribution >= 0.6 is 0 Å². The molecule has 268 valence electrons. The highest BCUT2D eigenvalue weighted by Crippen LogP contribution is 2.38. The van der Waals surface area contributed by atoms with Crippen molar-refractivity contribution in [3.05, 3.63) is 89.2 Å². The zero-order valence-electron chi connectivity index (χ0n) is 29.0. The molecule has 0 radical (unpaired) electrons. The highest BCUT2D eigenvalue weighted by Gasteiger charge is 2.40. The average Bonchev–Trinajstić information content (AvgIpc) is 3.56. The number of carbonyl (C=O) groups excluding carboxylic acids is 4. The molecule has 5 rings (SSSR count). The second kappa shape index (κ2) is 17.0.